The molecule has 0 spiro atoms. The smallest absolute Gasteiger partial charge is 0.196 e. The molecule has 3 fully saturated rings. The lowest BCUT2D eigenvalue weighted by atomic mass is 9.80. The molecule has 0 amide bonds. The summed E-state index contributed by atoms with van der Waals surface area (Å²) < 4.78 is 6.41. The molecule has 121 heavy (non-hydrogen) atoms. The molecule has 25 nitrogen and oxygen atoms in total. The zero-order valence-electron chi connectivity index (χ0n) is 67.4. The fourth-order valence-electron chi connectivity index (χ4n) is 18.1. The minimum Gasteiger partial charge on any atom is -0.354 e. The lowest BCUT2D eigenvalue weighted by Crippen LogP contribution is -2.25. The molecule has 0 saturated heterocycles. The predicted octanol–water partition coefficient (Wildman–Crippen LogP) is 24.1. The van der Waals surface area contributed by atoms with Crippen LogP contribution in [0.4, 0.5) is 29.1 Å². The number of nitriles is 2. The van der Waals surface area contributed by atoms with E-state index in [1.807, 2.05) is 91.0 Å². The number of H-pyrrole nitrogens is 5. The molecule has 3 saturated carbocycles. The molecule has 0 bridgehead atoms. The van der Waals surface area contributed by atoms with Crippen LogP contribution < -0.4 is 26.6 Å². The van der Waals surface area contributed by atoms with Gasteiger partial charge in [-0.2, -0.15) is 36.0 Å². The van der Waals surface area contributed by atoms with Gasteiger partial charge in [-0.3, -0.25) is 25.5 Å². The summed E-state index contributed by atoms with van der Waals surface area (Å²) in [6, 6.07) is 36.9. The minimum atomic E-state index is -0.269. The SMILES string of the molecule is [C-]#[N+]C1=C(C(C)(C)C)Nc2[nH]ncc2C1c1cccc(C#N)c1Br.[C-]#[N+]C1=C(C2CCCC2)Nc2[nH]ncc2C1c1cccc(C#N)c1Br.[C-]#[N+]C1=C(C2CCCC2)Nc2[nH]ncc2C1c1cccc2nonc12.[C-]#[N+]C1=C(C2CCCC2)Nc2[nH]ncc2C1c1ccccc1Cl.[C-]#[N+]C1=C(CCC)Nc2n[nH]c(C(C)C)c2C1c1ccccc1Cl. The van der Waals surface area contributed by atoms with Crippen molar-refractivity contribution < 1.29 is 4.63 Å². The Morgan fingerprint density at radius 2 is 0.860 bits per heavy atom. The van der Waals surface area contributed by atoms with Gasteiger partial charge in [-0.15, -0.1) is 0 Å². The number of anilines is 5. The van der Waals surface area contributed by atoms with Gasteiger partial charge in [0.05, 0.1) is 98.4 Å². The van der Waals surface area contributed by atoms with Gasteiger partial charge in [0.2, 0.25) is 0 Å². The Morgan fingerprint density at radius 1 is 0.471 bits per heavy atom. The van der Waals surface area contributed by atoms with E-state index >= 15 is 0 Å². The molecule has 19 rings (SSSR count). The van der Waals surface area contributed by atoms with Crippen molar-refractivity contribution in [2.45, 2.75) is 167 Å². The van der Waals surface area contributed by atoms with Crippen LogP contribution in [0.2, 0.25) is 10.0 Å². The fourth-order valence-corrected chi connectivity index (χ4v) is 19.8. The monoisotopic (exact) mass is 1770 g/mol. The number of aromatic nitrogens is 12. The van der Waals surface area contributed by atoms with Crippen LogP contribution in [0, 0.1) is 78.7 Å². The Labute approximate surface area is 728 Å². The topological polar surface area (TPSA) is 312 Å². The van der Waals surface area contributed by atoms with Crippen LogP contribution in [-0.4, -0.2) is 61.3 Å². The Bertz CT molecular complexity index is 6260. The number of rotatable bonds is 11. The first-order valence-electron chi connectivity index (χ1n) is 40.6. The Balaban J connectivity index is 0.000000118. The van der Waals surface area contributed by atoms with Gasteiger partial charge < -0.3 is 26.6 Å². The normalized spacial score (nSPS) is 19.0. The zero-order chi connectivity index (χ0) is 84.8. The molecule has 608 valence electrons. The van der Waals surface area contributed by atoms with E-state index in [1.165, 1.54) is 38.5 Å². The minimum absolute atomic E-state index is 0.146. The van der Waals surface area contributed by atoms with Crippen molar-refractivity contribution in [3.05, 3.63) is 333 Å². The average Bonchev–Trinajstić information content (AvgIpc) is 1.69. The van der Waals surface area contributed by atoms with Crippen molar-refractivity contribution in [2.75, 3.05) is 26.6 Å². The van der Waals surface area contributed by atoms with E-state index in [-0.39, 0.29) is 40.9 Å². The summed E-state index contributed by atoms with van der Waals surface area (Å²) in [6.45, 7) is 51.6. The molecule has 6 aromatic heterocycles. The van der Waals surface area contributed by atoms with Crippen molar-refractivity contribution in [3.8, 4) is 12.1 Å². The van der Waals surface area contributed by atoms with E-state index in [0.717, 1.165) is 202 Å². The highest BCUT2D eigenvalue weighted by atomic mass is 79.9. The summed E-state index contributed by atoms with van der Waals surface area (Å²) in [4.78, 5) is 19.5. The Morgan fingerprint density at radius 3 is 1.27 bits per heavy atom. The largest absolute Gasteiger partial charge is 0.354 e. The number of nitrogens with zero attached hydrogens (tertiary/aromatic N) is 14. The van der Waals surface area contributed by atoms with Crippen molar-refractivity contribution in [2.24, 2.45) is 23.2 Å². The molecule has 5 atom stereocenters. The number of fused-ring (bicyclic) bond motifs is 6. The summed E-state index contributed by atoms with van der Waals surface area (Å²) in [5.74, 6) is 4.72. The van der Waals surface area contributed by atoms with E-state index < -0.39 is 0 Å². The second kappa shape index (κ2) is 36.4. The van der Waals surface area contributed by atoms with Crippen molar-refractivity contribution in [3.63, 3.8) is 0 Å². The summed E-state index contributed by atoms with van der Waals surface area (Å²) in [5, 5.41) is 81.5. The molecule has 11 aromatic rings. The average molecular weight is 1770 g/mol. The number of allylic oxidation sites excluding steroid dienone is 10. The standard InChI is InChI=1S/C19H16BrN5.C19H21ClN4.C18H16BrN5.C18H17ClN4.C18H16N6O/c1-22-18-15(13-8-4-7-12(9-21)16(13)20)14-10-23-25-19(14)24-17(18)11-5-2-3-6-11;1-5-8-14-18(21-4)15(12-9-6-7-10-13(12)20)16-17(11(2)3)23-24-19(16)22-14;1-18(2,3)16-15(21-4)13(12-9-22-24-17(12)23-16)11-7-5-6-10(8-20)14(11)19;1-20-17-15(12-8-4-5-9-14(12)19)13-10-21-23-18(13)22-16(17)11-6-2-3-7-11;1-19-17-14(11-7-4-8-13-16(11)24-25-23-13)12-9-20-22-18(12)21-15(17)10-5-2-3-6-10/h4,7-8,10-11,15H,2-3,5-6H2,(H2,23,24,25);6-7,9-11,15H,5,8H2,1-3H3,(H2,22,23,24);5-7,9,13H,1-3H3,(H2,22,23,24);4-5,8-11,15H,2-3,6-7H2,(H2,21,22,23);4,7-10,14H,2-3,5-6H2,(H2,20,21,22). The summed E-state index contributed by atoms with van der Waals surface area (Å²) in [5.41, 5.74) is 21.4. The third kappa shape index (κ3) is 16.3. The molecule has 0 radical (unpaired) electrons. The van der Waals surface area contributed by atoms with Gasteiger partial charge in [0, 0.05) is 81.0 Å². The zero-order valence-corrected chi connectivity index (χ0v) is 72.1. The second-order valence-corrected chi connectivity index (χ2v) is 34.7. The van der Waals surface area contributed by atoms with Crippen LogP contribution in [0.1, 0.15) is 239 Å². The van der Waals surface area contributed by atoms with Crippen molar-refractivity contribution in [1.82, 2.24) is 61.3 Å². The fraction of sp³-hybridized carbons (Fsp3) is 0.326. The molecular formula is C92H86Br2Cl2N24O. The molecular weight excluding hydrogens is 1690 g/mol. The van der Waals surface area contributed by atoms with Crippen LogP contribution >= 0.6 is 55.1 Å². The highest BCUT2D eigenvalue weighted by Gasteiger charge is 2.43. The van der Waals surface area contributed by atoms with E-state index in [4.69, 9.17) is 60.7 Å². The first kappa shape index (κ1) is 83.3. The summed E-state index contributed by atoms with van der Waals surface area (Å²) in [6.07, 6.45) is 22.9. The summed E-state index contributed by atoms with van der Waals surface area (Å²) >= 11 is 20.1. The molecule has 3 aliphatic carbocycles. The predicted molar refractivity (Wildman–Crippen MR) is 475 cm³/mol. The lowest BCUT2D eigenvalue weighted by molar-refractivity contribution is 0.315. The highest BCUT2D eigenvalue weighted by molar-refractivity contribution is 9.11. The molecule has 11 heterocycles. The van der Waals surface area contributed by atoms with Gasteiger partial charge in [-0.25, -0.2) is 28.9 Å². The quantitative estimate of drug-likeness (QED) is 0.0538. The van der Waals surface area contributed by atoms with E-state index in [9.17, 15) is 10.5 Å². The van der Waals surface area contributed by atoms with Crippen LogP contribution in [0.15, 0.2) is 198 Å². The third-order valence-corrected chi connectivity index (χ3v) is 26.3. The van der Waals surface area contributed by atoms with Crippen molar-refractivity contribution in [1.29, 1.82) is 10.5 Å². The Kier molecular flexibility index (Phi) is 25.1. The number of aromatic amines is 5. The van der Waals surface area contributed by atoms with Crippen LogP contribution in [-0.2, 0) is 0 Å². The van der Waals surface area contributed by atoms with Gasteiger partial charge in [0.25, 0.3) is 0 Å². The third-order valence-electron chi connectivity index (χ3n) is 23.8. The van der Waals surface area contributed by atoms with Gasteiger partial charge in [0.15, 0.2) is 34.3 Å². The molecule has 8 aliphatic rings. The van der Waals surface area contributed by atoms with Gasteiger partial charge in [0.1, 0.15) is 46.4 Å². The lowest BCUT2D eigenvalue weighted by Gasteiger charge is -2.33. The first-order valence-corrected chi connectivity index (χ1v) is 42.9. The first-order chi connectivity index (χ1) is 58.9. The van der Waals surface area contributed by atoms with Crippen LogP contribution in [0.5, 0.6) is 0 Å². The maximum Gasteiger partial charge on any atom is 0.196 e. The van der Waals surface area contributed by atoms with E-state index in [2.05, 4.69) is 198 Å². The number of benzene rings is 5. The van der Waals surface area contributed by atoms with E-state index in [1.54, 1.807) is 36.9 Å². The molecule has 5 aliphatic heterocycles. The molecule has 29 heteroatoms. The van der Waals surface area contributed by atoms with Crippen LogP contribution in [0.25, 0.3) is 35.3 Å². The highest BCUT2D eigenvalue weighted by Crippen LogP contribution is 2.54. The Hall–Kier alpha value is -12.8. The molecule has 5 aromatic carbocycles. The second-order valence-electron chi connectivity index (χ2n) is 32.3. The van der Waals surface area contributed by atoms with Crippen LogP contribution in [0.3, 0.4) is 0 Å². The van der Waals surface area contributed by atoms with Crippen molar-refractivity contribution >= 4 is 95.2 Å². The number of halogens is 4. The maximum atomic E-state index is 9.36. The van der Waals surface area contributed by atoms with Gasteiger partial charge in [-0.05, 0) is 174 Å². The molecule has 5 unspecified atom stereocenters. The van der Waals surface area contributed by atoms with Gasteiger partial charge >= 0.3 is 0 Å². The number of hydrogen-bond acceptors (Lipinski definition) is 15. The maximum absolute atomic E-state index is 9.36. The number of nitrogens with one attached hydrogen (secondary N) is 10. The number of hydrogen-bond donors (Lipinski definition) is 10. The van der Waals surface area contributed by atoms with E-state index in [0.29, 0.717) is 55.7 Å². The molecule has 10 N–H and O–H groups in total. The summed E-state index contributed by atoms with van der Waals surface area (Å²) in [7, 11) is 0. The van der Waals surface area contributed by atoms with Gasteiger partial charge in [-0.1, -0.05) is 182 Å².